The molecular weight excluding hydrogens is 566 g/mol. The topological polar surface area (TPSA) is 82.1 Å². The van der Waals surface area contributed by atoms with Crippen molar-refractivity contribution in [3.05, 3.63) is 83.9 Å². The quantitative estimate of drug-likeness (QED) is 0.195. The van der Waals surface area contributed by atoms with Gasteiger partial charge in [0.05, 0.1) is 20.5 Å². The molecule has 6 nitrogen and oxygen atoms in total. The summed E-state index contributed by atoms with van der Waals surface area (Å²) in [6.07, 6.45) is -13.9. The first kappa shape index (κ1) is 31.0. The van der Waals surface area contributed by atoms with Gasteiger partial charge < -0.3 is 14.6 Å². The molecule has 4 rings (SSSR count). The number of methoxy groups -OCH3 is 2. The van der Waals surface area contributed by atoms with Gasteiger partial charge in [0.1, 0.15) is 11.5 Å². The van der Waals surface area contributed by atoms with Crippen LogP contribution in [0.25, 0.3) is 21.5 Å². The van der Waals surface area contributed by atoms with Crippen molar-refractivity contribution in [1.29, 1.82) is 0 Å². The Bertz CT molecular complexity index is 1580. The number of aliphatic hydroxyl groups is 1. The average Bonchev–Trinajstić information content (AvgIpc) is 2.88. The number of halogens is 6. The van der Waals surface area contributed by atoms with Crippen LogP contribution < -0.4 is 9.47 Å². The van der Waals surface area contributed by atoms with E-state index in [1.165, 1.54) is 50.6 Å². The molecule has 0 radical (unpaired) electrons. The molecule has 0 saturated carbocycles. The van der Waals surface area contributed by atoms with E-state index in [-0.39, 0.29) is 11.1 Å². The van der Waals surface area contributed by atoms with Gasteiger partial charge in [-0.05, 0) is 69.1 Å². The van der Waals surface area contributed by atoms with Gasteiger partial charge in [-0.25, -0.2) is 0 Å². The number of ether oxygens (including phenoxy) is 2. The molecule has 0 aromatic heterocycles. The van der Waals surface area contributed by atoms with Crippen LogP contribution in [0.5, 0.6) is 11.5 Å². The van der Waals surface area contributed by atoms with Gasteiger partial charge in [-0.2, -0.15) is 34.8 Å². The van der Waals surface area contributed by atoms with E-state index in [2.05, 4.69) is 4.18 Å². The van der Waals surface area contributed by atoms with Gasteiger partial charge >= 0.3 is 12.4 Å². The average molecular weight is 591 g/mol. The van der Waals surface area contributed by atoms with E-state index in [1.54, 1.807) is 36.4 Å². The largest absolute Gasteiger partial charge is 0.497 e. The van der Waals surface area contributed by atoms with E-state index < -0.39 is 34.7 Å². The molecule has 0 heterocycles. The molecule has 4 aromatic carbocycles. The Morgan fingerprint density at radius 2 is 1.05 bits per heavy atom. The van der Waals surface area contributed by atoms with E-state index in [0.717, 1.165) is 5.39 Å². The van der Waals surface area contributed by atoms with Gasteiger partial charge in [-0.3, -0.25) is 4.18 Å². The predicted octanol–water partition coefficient (Wildman–Crippen LogP) is 6.87. The van der Waals surface area contributed by atoms with Crippen LogP contribution in [0.15, 0.2) is 72.8 Å². The summed E-state index contributed by atoms with van der Waals surface area (Å²) in [7, 11) is -1.26. The second kappa shape index (κ2) is 11.9. The van der Waals surface area contributed by atoms with Crippen molar-refractivity contribution in [1.82, 2.24) is 0 Å². The van der Waals surface area contributed by atoms with E-state index >= 15 is 0 Å². The molecule has 216 valence electrons. The third kappa shape index (κ3) is 7.99. The van der Waals surface area contributed by atoms with E-state index in [4.69, 9.17) is 14.6 Å². The molecule has 0 amide bonds. The monoisotopic (exact) mass is 590 g/mol. The van der Waals surface area contributed by atoms with E-state index in [1.807, 2.05) is 0 Å². The van der Waals surface area contributed by atoms with Crippen molar-refractivity contribution in [2.75, 3.05) is 20.5 Å². The molecule has 0 bridgehead atoms. The Kier molecular flexibility index (Phi) is 9.22. The second-order valence-corrected chi connectivity index (χ2v) is 10.2. The Morgan fingerprint density at radius 3 is 1.45 bits per heavy atom. The minimum atomic E-state index is -4.84. The van der Waals surface area contributed by atoms with Gasteiger partial charge in [0.25, 0.3) is 10.1 Å². The van der Waals surface area contributed by atoms with Gasteiger partial charge in [0.15, 0.2) is 12.2 Å². The summed E-state index contributed by atoms with van der Waals surface area (Å²) in [5, 5.41) is 11.7. The highest BCUT2D eigenvalue weighted by Gasteiger charge is 2.44. The van der Waals surface area contributed by atoms with Crippen molar-refractivity contribution < 1.29 is 53.5 Å². The summed E-state index contributed by atoms with van der Waals surface area (Å²) < 4.78 is 113. The molecule has 0 saturated heterocycles. The maximum absolute atomic E-state index is 13.0. The van der Waals surface area contributed by atoms with Crippen LogP contribution in [-0.2, 0) is 14.3 Å². The SMILES string of the molecule is COc1ccc2cc(C(O)C(F)(F)F)ccc2c1.COc1ccc2cc(C(OS(C)(=O)=O)C(F)(F)F)ccc2c1. The minimum Gasteiger partial charge on any atom is -0.497 e. The highest BCUT2D eigenvalue weighted by atomic mass is 32.2. The Hall–Kier alpha value is -3.55. The van der Waals surface area contributed by atoms with Crippen molar-refractivity contribution in [3.63, 3.8) is 0 Å². The van der Waals surface area contributed by atoms with Crippen molar-refractivity contribution in [3.8, 4) is 11.5 Å². The number of alkyl halides is 6. The van der Waals surface area contributed by atoms with Gasteiger partial charge in [-0.1, -0.05) is 36.4 Å². The third-order valence-corrected chi connectivity index (χ3v) is 6.18. The lowest BCUT2D eigenvalue weighted by atomic mass is 10.0. The summed E-state index contributed by atoms with van der Waals surface area (Å²) in [4.78, 5) is 0. The predicted molar refractivity (Wildman–Crippen MR) is 137 cm³/mol. The lowest BCUT2D eigenvalue weighted by Crippen LogP contribution is -2.25. The lowest BCUT2D eigenvalue weighted by Gasteiger charge is -2.20. The van der Waals surface area contributed by atoms with Crippen LogP contribution >= 0.6 is 0 Å². The number of aliphatic hydroxyl groups excluding tert-OH is 1. The number of rotatable bonds is 6. The Balaban J connectivity index is 0.000000225. The van der Waals surface area contributed by atoms with Crippen LogP contribution in [0.2, 0.25) is 0 Å². The molecule has 0 fully saturated rings. The third-order valence-electron chi connectivity index (χ3n) is 5.64. The highest BCUT2D eigenvalue weighted by Crippen LogP contribution is 2.38. The number of hydrogen-bond donors (Lipinski definition) is 1. The molecule has 0 aliphatic rings. The molecule has 4 aromatic rings. The van der Waals surface area contributed by atoms with Crippen LogP contribution in [-0.4, -0.2) is 46.4 Å². The van der Waals surface area contributed by atoms with Crippen molar-refractivity contribution >= 4 is 31.7 Å². The van der Waals surface area contributed by atoms with Crippen LogP contribution in [0.4, 0.5) is 26.3 Å². The molecule has 1 N–H and O–H groups in total. The van der Waals surface area contributed by atoms with Crippen molar-refractivity contribution in [2.45, 2.75) is 24.6 Å². The number of hydrogen-bond acceptors (Lipinski definition) is 6. The zero-order valence-corrected chi connectivity index (χ0v) is 22.1. The first-order valence-electron chi connectivity index (χ1n) is 11.4. The lowest BCUT2D eigenvalue weighted by molar-refractivity contribution is -0.206. The fraction of sp³-hybridized carbons (Fsp3) is 0.259. The molecule has 2 atom stereocenters. The van der Waals surface area contributed by atoms with Crippen LogP contribution in [0, 0.1) is 0 Å². The van der Waals surface area contributed by atoms with E-state index in [9.17, 15) is 34.8 Å². The summed E-state index contributed by atoms with van der Waals surface area (Å²) in [5.74, 6) is 1.20. The van der Waals surface area contributed by atoms with Gasteiger partial charge in [0, 0.05) is 0 Å². The zero-order valence-electron chi connectivity index (χ0n) is 21.2. The number of benzene rings is 4. The fourth-order valence-corrected chi connectivity index (χ4v) is 4.30. The molecule has 0 aliphatic carbocycles. The van der Waals surface area contributed by atoms with Gasteiger partial charge in [-0.15, -0.1) is 0 Å². The first-order chi connectivity index (χ1) is 18.5. The van der Waals surface area contributed by atoms with Crippen molar-refractivity contribution in [2.24, 2.45) is 0 Å². The smallest absolute Gasteiger partial charge is 0.420 e. The second-order valence-electron chi connectivity index (χ2n) is 8.61. The standard InChI is InChI=1S/C14H13F3O4S.C13H11F3O2/c1-20-12-6-5-9-7-11(4-3-10(9)8-12)13(14(15,16)17)21-22(2,18)19;1-18-11-5-4-8-6-10(3-2-9(8)7-11)12(17)13(14,15)16/h3-8,13H,1-2H3;2-7,12,17H,1H3. The molecule has 40 heavy (non-hydrogen) atoms. The summed E-state index contributed by atoms with van der Waals surface area (Å²) in [6, 6.07) is 17.9. The molecule has 0 spiro atoms. The molecule has 0 aliphatic heterocycles. The normalized spacial score (nSPS) is 13.8. The fourth-order valence-electron chi connectivity index (χ4n) is 3.73. The summed E-state index contributed by atoms with van der Waals surface area (Å²) >= 11 is 0. The molecule has 13 heteroatoms. The van der Waals surface area contributed by atoms with Crippen LogP contribution in [0.3, 0.4) is 0 Å². The maximum atomic E-state index is 13.0. The van der Waals surface area contributed by atoms with Crippen LogP contribution in [0.1, 0.15) is 23.3 Å². The summed E-state index contributed by atoms with van der Waals surface area (Å²) in [5.41, 5.74) is -0.448. The first-order valence-corrected chi connectivity index (χ1v) is 13.2. The molecular formula is C27H24F6O6S. The minimum absolute atomic E-state index is 0.167. The summed E-state index contributed by atoms with van der Waals surface area (Å²) in [6.45, 7) is 0. The van der Waals surface area contributed by atoms with E-state index in [0.29, 0.717) is 33.9 Å². The Labute approximate surface area is 225 Å². The maximum Gasteiger partial charge on any atom is 0.420 e. The highest BCUT2D eigenvalue weighted by molar-refractivity contribution is 7.86. The Morgan fingerprint density at radius 1 is 0.650 bits per heavy atom. The molecule has 2 unspecified atom stereocenters. The zero-order chi connectivity index (χ0) is 29.9. The van der Waals surface area contributed by atoms with Gasteiger partial charge in [0.2, 0.25) is 0 Å². The number of fused-ring (bicyclic) bond motifs is 2.